The highest BCUT2D eigenvalue weighted by atomic mass is 16.5. The van der Waals surface area contributed by atoms with Gasteiger partial charge in [0.1, 0.15) is 17.3 Å². The van der Waals surface area contributed by atoms with E-state index in [1.807, 2.05) is 6.92 Å². The van der Waals surface area contributed by atoms with Crippen molar-refractivity contribution >= 4 is 23.3 Å². The van der Waals surface area contributed by atoms with Gasteiger partial charge in [0.05, 0.1) is 32.4 Å². The van der Waals surface area contributed by atoms with Crippen LogP contribution >= 0.6 is 0 Å². The second-order valence-electron chi connectivity index (χ2n) is 7.43. The number of Topliss-reactive ketones (excluding diaryl/α,β-unsaturated/α-hetero) is 1. The number of carbonyl (C=O) groups excluding carboxylic acids is 2. The lowest BCUT2D eigenvalue weighted by Crippen LogP contribution is -2.30. The summed E-state index contributed by atoms with van der Waals surface area (Å²) in [7, 11) is 3.01. The summed E-state index contributed by atoms with van der Waals surface area (Å²) in [6.45, 7) is 2.30. The van der Waals surface area contributed by atoms with Gasteiger partial charge in [-0.1, -0.05) is 24.3 Å². The van der Waals surface area contributed by atoms with Gasteiger partial charge in [-0.05, 0) is 48.9 Å². The number of nitrogens with zero attached hydrogens (tertiary/aromatic N) is 2. The molecule has 0 bridgehead atoms. The number of methoxy groups -OCH3 is 2. The summed E-state index contributed by atoms with van der Waals surface area (Å²) in [6, 6.07) is 15.9. The first kappa shape index (κ1) is 22.8. The number of rotatable bonds is 7. The standard InChI is InChI=1S/C26H24N2O6/c1-4-34-19-12-11-16(15-20(19)33-3)23-22(24(29)17-8-7-9-18(14-17)32-2)25(30)26(31)28(23)21-10-5-6-13-27-21/h5-15,23,29H,4H2,1-3H3/b24-22+/t23-/m0/s1. The highest BCUT2D eigenvalue weighted by Crippen LogP contribution is 2.43. The van der Waals surface area contributed by atoms with Crippen molar-refractivity contribution in [3.05, 3.63) is 83.6 Å². The van der Waals surface area contributed by atoms with Crippen LogP contribution in [0.1, 0.15) is 24.1 Å². The number of anilines is 1. The third kappa shape index (κ3) is 4.05. The van der Waals surface area contributed by atoms with E-state index in [0.29, 0.717) is 35.0 Å². The minimum atomic E-state index is -0.939. The Bertz CT molecular complexity index is 1260. The van der Waals surface area contributed by atoms with E-state index < -0.39 is 17.7 Å². The Labute approximate surface area is 197 Å². The van der Waals surface area contributed by atoms with Gasteiger partial charge in [0.25, 0.3) is 5.78 Å². The number of ketones is 1. The van der Waals surface area contributed by atoms with Crippen molar-refractivity contribution in [2.24, 2.45) is 0 Å². The largest absolute Gasteiger partial charge is 0.507 e. The zero-order chi connectivity index (χ0) is 24.2. The fourth-order valence-electron chi connectivity index (χ4n) is 3.94. The highest BCUT2D eigenvalue weighted by Gasteiger charge is 2.47. The van der Waals surface area contributed by atoms with E-state index in [-0.39, 0.29) is 17.2 Å². The topological polar surface area (TPSA) is 98.2 Å². The van der Waals surface area contributed by atoms with Crippen LogP contribution in [-0.4, -0.2) is 42.6 Å². The van der Waals surface area contributed by atoms with Crippen molar-refractivity contribution in [2.45, 2.75) is 13.0 Å². The Morgan fingerprint density at radius 3 is 2.50 bits per heavy atom. The fraction of sp³-hybridized carbons (Fsp3) is 0.192. The summed E-state index contributed by atoms with van der Waals surface area (Å²) in [5.41, 5.74) is 0.839. The average molecular weight is 460 g/mol. The van der Waals surface area contributed by atoms with Gasteiger partial charge in [-0.25, -0.2) is 4.98 Å². The molecule has 8 nitrogen and oxygen atoms in total. The van der Waals surface area contributed by atoms with Crippen LogP contribution in [-0.2, 0) is 9.59 Å². The van der Waals surface area contributed by atoms with Crippen LogP contribution in [0.2, 0.25) is 0 Å². The Morgan fingerprint density at radius 1 is 1.00 bits per heavy atom. The van der Waals surface area contributed by atoms with Crippen LogP contribution in [0.3, 0.4) is 0 Å². The van der Waals surface area contributed by atoms with Crippen molar-refractivity contribution in [3.8, 4) is 17.2 Å². The minimum absolute atomic E-state index is 0.0601. The van der Waals surface area contributed by atoms with E-state index >= 15 is 0 Å². The van der Waals surface area contributed by atoms with Crippen LogP contribution in [0.5, 0.6) is 17.2 Å². The molecule has 0 aliphatic carbocycles. The molecule has 1 atom stereocenters. The van der Waals surface area contributed by atoms with Crippen LogP contribution < -0.4 is 19.1 Å². The maximum Gasteiger partial charge on any atom is 0.301 e. The van der Waals surface area contributed by atoms with E-state index in [2.05, 4.69) is 4.98 Å². The molecular formula is C26H24N2O6. The molecule has 8 heteroatoms. The first-order valence-electron chi connectivity index (χ1n) is 10.7. The van der Waals surface area contributed by atoms with Crippen molar-refractivity contribution in [1.29, 1.82) is 0 Å². The van der Waals surface area contributed by atoms with Gasteiger partial charge in [0.2, 0.25) is 0 Å². The summed E-state index contributed by atoms with van der Waals surface area (Å²) in [6.07, 6.45) is 1.53. The first-order chi connectivity index (χ1) is 16.5. The van der Waals surface area contributed by atoms with Crippen molar-refractivity contribution < 1.29 is 28.9 Å². The average Bonchev–Trinajstić information content (AvgIpc) is 3.14. The number of aliphatic hydroxyl groups is 1. The normalized spacial score (nSPS) is 17.0. The summed E-state index contributed by atoms with van der Waals surface area (Å²) in [5.74, 6) is -0.170. The van der Waals surface area contributed by atoms with Gasteiger partial charge in [0.15, 0.2) is 11.5 Å². The molecule has 1 saturated heterocycles. The SMILES string of the molecule is CCOc1ccc([C@H]2/C(=C(\O)c3cccc(OC)c3)C(=O)C(=O)N2c2ccccn2)cc1OC. The molecule has 2 heterocycles. The lowest BCUT2D eigenvalue weighted by molar-refractivity contribution is -0.132. The molecule has 1 N–H and O–H groups in total. The van der Waals surface area contributed by atoms with Crippen molar-refractivity contribution in [2.75, 3.05) is 25.7 Å². The number of amides is 1. The molecular weight excluding hydrogens is 436 g/mol. The van der Waals surface area contributed by atoms with Gasteiger partial charge in [-0.15, -0.1) is 0 Å². The number of hydrogen-bond donors (Lipinski definition) is 1. The highest BCUT2D eigenvalue weighted by molar-refractivity contribution is 6.51. The van der Waals surface area contributed by atoms with Gasteiger partial charge in [-0.2, -0.15) is 0 Å². The molecule has 1 aromatic heterocycles. The van der Waals surface area contributed by atoms with Crippen LogP contribution in [0.25, 0.3) is 5.76 Å². The lowest BCUT2D eigenvalue weighted by Gasteiger charge is -2.25. The molecule has 0 radical (unpaired) electrons. The molecule has 0 saturated carbocycles. The van der Waals surface area contributed by atoms with Crippen molar-refractivity contribution in [3.63, 3.8) is 0 Å². The smallest absolute Gasteiger partial charge is 0.301 e. The van der Waals surface area contributed by atoms with E-state index in [0.717, 1.165) is 0 Å². The number of hydrogen-bond acceptors (Lipinski definition) is 7. The van der Waals surface area contributed by atoms with E-state index in [4.69, 9.17) is 14.2 Å². The van der Waals surface area contributed by atoms with Crippen LogP contribution in [0.4, 0.5) is 5.82 Å². The summed E-state index contributed by atoms with van der Waals surface area (Å²) in [5, 5.41) is 11.2. The molecule has 1 aliphatic rings. The number of benzene rings is 2. The summed E-state index contributed by atoms with van der Waals surface area (Å²) in [4.78, 5) is 32.0. The van der Waals surface area contributed by atoms with Gasteiger partial charge >= 0.3 is 5.91 Å². The van der Waals surface area contributed by atoms with Gasteiger partial charge in [0, 0.05) is 11.8 Å². The molecule has 0 unspecified atom stereocenters. The summed E-state index contributed by atoms with van der Waals surface area (Å²) < 4.78 is 16.3. The zero-order valence-corrected chi connectivity index (χ0v) is 19.0. The maximum absolute atomic E-state index is 13.2. The van der Waals surface area contributed by atoms with Gasteiger partial charge in [-0.3, -0.25) is 14.5 Å². The number of ether oxygens (including phenoxy) is 3. The minimum Gasteiger partial charge on any atom is -0.507 e. The third-order valence-corrected chi connectivity index (χ3v) is 5.49. The molecule has 4 rings (SSSR count). The maximum atomic E-state index is 13.2. The van der Waals surface area contributed by atoms with E-state index in [9.17, 15) is 14.7 Å². The number of aromatic nitrogens is 1. The predicted molar refractivity (Wildman–Crippen MR) is 126 cm³/mol. The summed E-state index contributed by atoms with van der Waals surface area (Å²) >= 11 is 0. The second-order valence-corrected chi connectivity index (χ2v) is 7.43. The first-order valence-corrected chi connectivity index (χ1v) is 10.7. The lowest BCUT2D eigenvalue weighted by atomic mass is 9.95. The monoisotopic (exact) mass is 460 g/mol. The van der Waals surface area contributed by atoms with E-state index in [1.165, 1.54) is 25.3 Å². The van der Waals surface area contributed by atoms with Crippen molar-refractivity contribution in [1.82, 2.24) is 4.98 Å². The fourth-order valence-corrected chi connectivity index (χ4v) is 3.94. The predicted octanol–water partition coefficient (Wildman–Crippen LogP) is 4.12. The molecule has 1 fully saturated rings. The molecule has 2 aromatic carbocycles. The Balaban J connectivity index is 1.94. The molecule has 34 heavy (non-hydrogen) atoms. The Morgan fingerprint density at radius 2 is 1.82 bits per heavy atom. The Kier molecular flexibility index (Phi) is 6.49. The number of pyridine rings is 1. The molecule has 174 valence electrons. The third-order valence-electron chi connectivity index (χ3n) is 5.49. The van der Waals surface area contributed by atoms with E-state index in [1.54, 1.807) is 60.7 Å². The number of aliphatic hydroxyl groups excluding tert-OH is 1. The Hall–Kier alpha value is -4.33. The van der Waals surface area contributed by atoms with Crippen LogP contribution in [0, 0.1) is 0 Å². The number of carbonyl (C=O) groups is 2. The molecule has 3 aromatic rings. The second kappa shape index (κ2) is 9.66. The molecule has 1 amide bonds. The quantitative estimate of drug-likeness (QED) is 0.322. The van der Waals surface area contributed by atoms with Crippen LogP contribution in [0.15, 0.2) is 72.4 Å². The molecule has 1 aliphatic heterocycles. The molecule has 0 spiro atoms. The zero-order valence-electron chi connectivity index (χ0n) is 19.0. The van der Waals surface area contributed by atoms with Gasteiger partial charge < -0.3 is 19.3 Å².